The first kappa shape index (κ1) is 21.5. The van der Waals surface area contributed by atoms with E-state index in [-0.39, 0.29) is 11.7 Å². The van der Waals surface area contributed by atoms with E-state index in [9.17, 15) is 9.18 Å². The number of hydrogen-bond acceptors (Lipinski definition) is 4. The number of carbonyl (C=O) groups is 1. The van der Waals surface area contributed by atoms with Gasteiger partial charge in [-0.05, 0) is 60.9 Å². The van der Waals surface area contributed by atoms with Gasteiger partial charge < -0.3 is 14.6 Å². The largest absolute Gasteiger partial charge is 0.495 e. The fourth-order valence-corrected chi connectivity index (χ4v) is 3.67. The van der Waals surface area contributed by atoms with Gasteiger partial charge in [0.1, 0.15) is 22.9 Å². The van der Waals surface area contributed by atoms with Crippen molar-refractivity contribution in [2.75, 3.05) is 12.4 Å². The Bertz CT molecular complexity index is 1230. The number of imidazole rings is 1. The molecule has 4 rings (SSSR count). The summed E-state index contributed by atoms with van der Waals surface area (Å²) in [5.74, 6) is 1.15. The Morgan fingerprint density at radius 3 is 2.75 bits per heavy atom. The van der Waals surface area contributed by atoms with Crippen molar-refractivity contribution < 1.29 is 13.9 Å². The zero-order valence-electron chi connectivity index (χ0n) is 18.1. The van der Waals surface area contributed by atoms with Crippen LogP contribution in [-0.4, -0.2) is 27.6 Å². The third-order valence-corrected chi connectivity index (χ3v) is 5.27. The van der Waals surface area contributed by atoms with Crippen molar-refractivity contribution in [3.05, 3.63) is 83.6 Å². The summed E-state index contributed by atoms with van der Waals surface area (Å²) in [6, 6.07) is 15.9. The van der Waals surface area contributed by atoms with E-state index in [1.807, 2.05) is 41.8 Å². The Morgan fingerprint density at radius 2 is 1.97 bits per heavy atom. The number of benzene rings is 2. The number of rotatable bonds is 8. The minimum absolute atomic E-state index is 0.0757. The van der Waals surface area contributed by atoms with E-state index in [4.69, 9.17) is 9.72 Å². The average molecular weight is 432 g/mol. The van der Waals surface area contributed by atoms with Gasteiger partial charge in [-0.25, -0.2) is 14.4 Å². The molecule has 1 N–H and O–H groups in total. The van der Waals surface area contributed by atoms with Gasteiger partial charge in [-0.3, -0.25) is 4.79 Å². The SMILES string of the molecule is COc1ccc(C)cc1NC(=O)CCCc1nc2cccnc2n1Cc1ccc(F)cc1. The number of nitrogens with zero attached hydrogens (tertiary/aromatic N) is 3. The lowest BCUT2D eigenvalue weighted by molar-refractivity contribution is -0.116. The highest BCUT2D eigenvalue weighted by Crippen LogP contribution is 2.25. The van der Waals surface area contributed by atoms with E-state index in [1.54, 1.807) is 25.4 Å². The number of fused-ring (bicyclic) bond motifs is 1. The fourth-order valence-electron chi connectivity index (χ4n) is 3.67. The molecule has 0 spiro atoms. The molecule has 0 radical (unpaired) electrons. The van der Waals surface area contributed by atoms with E-state index >= 15 is 0 Å². The number of aryl methyl sites for hydroxylation is 2. The number of halogens is 1. The molecule has 1 amide bonds. The van der Waals surface area contributed by atoms with Gasteiger partial charge in [0.15, 0.2) is 5.65 Å². The topological polar surface area (TPSA) is 69.0 Å². The monoisotopic (exact) mass is 432 g/mol. The average Bonchev–Trinajstić information content (AvgIpc) is 3.13. The normalized spacial score (nSPS) is 11.0. The van der Waals surface area contributed by atoms with Crippen LogP contribution in [0.5, 0.6) is 5.75 Å². The van der Waals surface area contributed by atoms with Crippen LogP contribution in [0.1, 0.15) is 29.8 Å². The van der Waals surface area contributed by atoms with E-state index in [1.165, 1.54) is 12.1 Å². The first-order chi connectivity index (χ1) is 15.5. The second-order valence-corrected chi connectivity index (χ2v) is 7.69. The summed E-state index contributed by atoms with van der Waals surface area (Å²) < 4.78 is 20.7. The van der Waals surface area contributed by atoms with Crippen LogP contribution in [0.2, 0.25) is 0 Å². The summed E-state index contributed by atoms with van der Waals surface area (Å²) >= 11 is 0. The van der Waals surface area contributed by atoms with Crippen molar-refractivity contribution in [3.8, 4) is 5.75 Å². The van der Waals surface area contributed by atoms with E-state index in [0.29, 0.717) is 37.2 Å². The first-order valence-electron chi connectivity index (χ1n) is 10.5. The van der Waals surface area contributed by atoms with Gasteiger partial charge in [0.2, 0.25) is 5.91 Å². The third kappa shape index (κ3) is 4.94. The molecule has 0 atom stereocenters. The molecule has 0 aliphatic carbocycles. The van der Waals surface area contributed by atoms with Crippen LogP contribution in [0.3, 0.4) is 0 Å². The molecule has 0 bridgehead atoms. The van der Waals surface area contributed by atoms with Crippen molar-refractivity contribution in [2.24, 2.45) is 0 Å². The Kier molecular flexibility index (Phi) is 6.44. The number of hydrogen-bond donors (Lipinski definition) is 1. The van der Waals surface area contributed by atoms with Crippen LogP contribution >= 0.6 is 0 Å². The highest BCUT2D eigenvalue weighted by atomic mass is 19.1. The maximum absolute atomic E-state index is 13.3. The van der Waals surface area contributed by atoms with Crippen LogP contribution in [0.25, 0.3) is 11.2 Å². The van der Waals surface area contributed by atoms with E-state index in [2.05, 4.69) is 10.3 Å². The predicted molar refractivity (Wildman–Crippen MR) is 122 cm³/mol. The number of pyridine rings is 1. The molecule has 6 nitrogen and oxygen atoms in total. The maximum atomic E-state index is 13.3. The maximum Gasteiger partial charge on any atom is 0.224 e. The van der Waals surface area contributed by atoms with Crippen molar-refractivity contribution in [1.29, 1.82) is 0 Å². The second kappa shape index (κ2) is 9.60. The van der Waals surface area contributed by atoms with Gasteiger partial charge >= 0.3 is 0 Å². The number of anilines is 1. The molecular formula is C25H25FN4O2. The van der Waals surface area contributed by atoms with E-state index < -0.39 is 0 Å². The molecule has 0 unspecified atom stereocenters. The first-order valence-corrected chi connectivity index (χ1v) is 10.5. The lowest BCUT2D eigenvalue weighted by atomic mass is 10.1. The number of methoxy groups -OCH3 is 1. The van der Waals surface area contributed by atoms with Crippen LogP contribution in [0, 0.1) is 12.7 Å². The standard InChI is InChI=1S/C25H25FN4O2/c1-17-8-13-22(32-2)21(15-17)29-24(31)7-3-6-23-28-20-5-4-14-27-25(20)30(23)16-18-9-11-19(26)12-10-18/h4-5,8-15H,3,6-7,16H2,1-2H3,(H,29,31). The summed E-state index contributed by atoms with van der Waals surface area (Å²) in [4.78, 5) is 21.7. The Labute approximate surface area is 186 Å². The van der Waals surface area contributed by atoms with Gasteiger partial charge in [0.05, 0.1) is 19.3 Å². The van der Waals surface area contributed by atoms with Crippen LogP contribution in [0.4, 0.5) is 10.1 Å². The number of amides is 1. The Balaban J connectivity index is 1.45. The van der Waals surface area contributed by atoms with Crippen molar-refractivity contribution in [2.45, 2.75) is 32.7 Å². The van der Waals surface area contributed by atoms with Crippen LogP contribution in [0.15, 0.2) is 60.8 Å². The van der Waals surface area contributed by atoms with Crippen molar-refractivity contribution in [1.82, 2.24) is 14.5 Å². The number of carbonyl (C=O) groups excluding carboxylic acids is 1. The number of nitrogens with one attached hydrogen (secondary N) is 1. The van der Waals surface area contributed by atoms with Gasteiger partial charge in [-0.1, -0.05) is 18.2 Å². The molecule has 2 heterocycles. The molecule has 2 aromatic carbocycles. The molecule has 7 heteroatoms. The van der Waals surface area contributed by atoms with Crippen LogP contribution in [-0.2, 0) is 17.8 Å². The van der Waals surface area contributed by atoms with Gasteiger partial charge in [0.25, 0.3) is 0 Å². The van der Waals surface area contributed by atoms with Crippen LogP contribution < -0.4 is 10.1 Å². The highest BCUT2D eigenvalue weighted by molar-refractivity contribution is 5.92. The van der Waals surface area contributed by atoms with Gasteiger partial charge in [-0.15, -0.1) is 0 Å². The Hall–Kier alpha value is -3.74. The number of ether oxygens (including phenoxy) is 1. The quantitative estimate of drug-likeness (QED) is 0.430. The summed E-state index contributed by atoms with van der Waals surface area (Å²) in [5, 5.41) is 2.94. The molecule has 0 aliphatic heterocycles. The summed E-state index contributed by atoms with van der Waals surface area (Å²) in [5.41, 5.74) is 4.26. The zero-order chi connectivity index (χ0) is 22.5. The molecular weight excluding hydrogens is 407 g/mol. The molecule has 0 saturated carbocycles. The summed E-state index contributed by atoms with van der Waals surface area (Å²) in [6.45, 7) is 2.50. The number of aromatic nitrogens is 3. The van der Waals surface area contributed by atoms with Crippen molar-refractivity contribution >= 4 is 22.8 Å². The third-order valence-electron chi connectivity index (χ3n) is 5.27. The van der Waals surface area contributed by atoms with Crippen molar-refractivity contribution in [3.63, 3.8) is 0 Å². The fraction of sp³-hybridized carbons (Fsp3) is 0.240. The lowest BCUT2D eigenvalue weighted by Crippen LogP contribution is -2.13. The molecule has 0 saturated heterocycles. The predicted octanol–water partition coefficient (Wildman–Crippen LogP) is 4.90. The minimum atomic E-state index is -0.265. The molecule has 32 heavy (non-hydrogen) atoms. The molecule has 2 aromatic heterocycles. The minimum Gasteiger partial charge on any atom is -0.495 e. The summed E-state index contributed by atoms with van der Waals surface area (Å²) in [7, 11) is 1.58. The summed E-state index contributed by atoms with van der Waals surface area (Å²) in [6.07, 6.45) is 3.34. The highest BCUT2D eigenvalue weighted by Gasteiger charge is 2.14. The van der Waals surface area contributed by atoms with Gasteiger partial charge in [-0.2, -0.15) is 0 Å². The van der Waals surface area contributed by atoms with Gasteiger partial charge in [0, 0.05) is 19.0 Å². The van der Waals surface area contributed by atoms with E-state index in [0.717, 1.165) is 28.1 Å². The smallest absolute Gasteiger partial charge is 0.224 e. The molecule has 4 aromatic rings. The zero-order valence-corrected chi connectivity index (χ0v) is 18.1. The second-order valence-electron chi connectivity index (χ2n) is 7.69. The molecule has 164 valence electrons. The molecule has 0 fully saturated rings. The molecule has 0 aliphatic rings. The lowest BCUT2D eigenvalue weighted by Gasteiger charge is -2.11. The Morgan fingerprint density at radius 1 is 1.16 bits per heavy atom.